The molecule has 1 amide bonds. The molecular weight excluding hydrogens is 502 g/mol. The molecule has 1 aromatic carbocycles. The number of hydrogen-bond donors (Lipinski definition) is 1. The van der Waals surface area contributed by atoms with Crippen molar-refractivity contribution in [1.82, 2.24) is 5.32 Å². The van der Waals surface area contributed by atoms with E-state index in [1.807, 2.05) is 30.3 Å². The summed E-state index contributed by atoms with van der Waals surface area (Å²) in [5.74, 6) is -4.08. The summed E-state index contributed by atoms with van der Waals surface area (Å²) in [4.78, 5) is 72.1. The molecule has 1 fully saturated rings. The number of carbonyl (C=O) groups is 6. The maximum absolute atomic E-state index is 12.8. The summed E-state index contributed by atoms with van der Waals surface area (Å²) in [6.45, 7) is 4.02. The van der Waals surface area contributed by atoms with Crippen LogP contribution in [-0.2, 0) is 58.9 Å². The zero-order valence-corrected chi connectivity index (χ0v) is 21.8. The van der Waals surface area contributed by atoms with Crippen molar-refractivity contribution in [1.29, 1.82) is 0 Å². The fourth-order valence-electron chi connectivity index (χ4n) is 3.96. The Morgan fingerprint density at radius 3 is 2.00 bits per heavy atom. The molecule has 1 aromatic rings. The van der Waals surface area contributed by atoms with Gasteiger partial charge in [0.2, 0.25) is 12.2 Å². The van der Waals surface area contributed by atoms with Gasteiger partial charge in [-0.05, 0) is 18.4 Å². The summed E-state index contributed by atoms with van der Waals surface area (Å²) >= 11 is 0. The molecule has 0 unspecified atom stereocenters. The van der Waals surface area contributed by atoms with E-state index in [9.17, 15) is 28.8 Å². The lowest BCUT2D eigenvalue weighted by atomic mass is 9.95. The van der Waals surface area contributed by atoms with E-state index in [2.05, 4.69) is 5.32 Å². The molecule has 0 bridgehead atoms. The number of nitrogens with one attached hydrogen (secondary N) is 1. The first kappa shape index (κ1) is 30.4. The second-order valence-corrected chi connectivity index (χ2v) is 8.75. The van der Waals surface area contributed by atoms with Gasteiger partial charge in [0.25, 0.3) is 0 Å². The SMILES string of the molecule is CC(=O)OC[C@H]1O[C@@H](OC(C)=O)[C@H](NC(=O)CC(=O)CCCc2ccccc2)[C@@H](OC(C)=O)[C@@H]1OC(C)=O. The Morgan fingerprint density at radius 2 is 1.42 bits per heavy atom. The van der Waals surface area contributed by atoms with Crippen LogP contribution in [-0.4, -0.2) is 72.8 Å². The van der Waals surface area contributed by atoms with Gasteiger partial charge in [-0.2, -0.15) is 0 Å². The van der Waals surface area contributed by atoms with E-state index in [4.69, 9.17) is 23.7 Å². The quantitative estimate of drug-likeness (QED) is 0.232. The lowest BCUT2D eigenvalue weighted by Gasteiger charge is -2.44. The van der Waals surface area contributed by atoms with E-state index in [0.717, 1.165) is 33.3 Å². The lowest BCUT2D eigenvalue weighted by Crippen LogP contribution is -2.67. The molecule has 12 nitrogen and oxygen atoms in total. The average molecular weight is 536 g/mol. The number of hydrogen-bond acceptors (Lipinski definition) is 11. The van der Waals surface area contributed by atoms with Gasteiger partial charge in [0.1, 0.15) is 24.5 Å². The van der Waals surface area contributed by atoms with Crippen LogP contribution in [0.25, 0.3) is 0 Å². The van der Waals surface area contributed by atoms with Crippen molar-refractivity contribution in [3.8, 4) is 0 Å². The fraction of sp³-hybridized carbons (Fsp3) is 0.538. The minimum atomic E-state index is -1.51. The van der Waals surface area contributed by atoms with Crippen molar-refractivity contribution in [2.24, 2.45) is 0 Å². The van der Waals surface area contributed by atoms with Crippen molar-refractivity contribution in [3.63, 3.8) is 0 Å². The standard InChI is InChI=1S/C26H33NO11/c1-15(28)34-14-21-24(35-16(2)29)25(36-17(3)30)23(26(38-21)37-18(4)31)27-22(33)13-20(32)12-8-11-19-9-6-5-7-10-19/h5-7,9-10,21,23-26H,8,11-14H2,1-4H3,(H,27,33)/t21-,23-,24-,25-,26-/m1/s1. The second-order valence-electron chi connectivity index (χ2n) is 8.75. The van der Waals surface area contributed by atoms with Crippen molar-refractivity contribution in [2.45, 2.75) is 84.0 Å². The monoisotopic (exact) mass is 535 g/mol. The zero-order chi connectivity index (χ0) is 28.2. The Morgan fingerprint density at radius 1 is 0.816 bits per heavy atom. The highest BCUT2D eigenvalue weighted by Crippen LogP contribution is 2.28. The Balaban J connectivity index is 2.18. The van der Waals surface area contributed by atoms with Gasteiger partial charge in [-0.25, -0.2) is 0 Å². The maximum Gasteiger partial charge on any atom is 0.305 e. The number of carbonyl (C=O) groups excluding carboxylic acids is 6. The predicted molar refractivity (Wildman–Crippen MR) is 129 cm³/mol. The number of aryl methyl sites for hydroxylation is 1. The Kier molecular flexibility index (Phi) is 11.9. The Bertz CT molecular complexity index is 1010. The van der Waals surface area contributed by atoms with E-state index in [1.54, 1.807) is 0 Å². The highest BCUT2D eigenvalue weighted by atomic mass is 16.7. The first-order valence-electron chi connectivity index (χ1n) is 12.1. The molecule has 1 aliphatic heterocycles. The third-order valence-corrected chi connectivity index (χ3v) is 5.43. The van der Waals surface area contributed by atoms with E-state index in [1.165, 1.54) is 0 Å². The summed E-state index contributed by atoms with van der Waals surface area (Å²) in [5, 5.41) is 2.52. The normalized spacial score (nSPS) is 22.5. The molecule has 5 atom stereocenters. The average Bonchev–Trinajstić information content (AvgIpc) is 2.81. The topological polar surface area (TPSA) is 161 Å². The molecule has 12 heteroatoms. The number of ether oxygens (including phenoxy) is 5. The summed E-state index contributed by atoms with van der Waals surface area (Å²) in [7, 11) is 0. The molecule has 38 heavy (non-hydrogen) atoms. The van der Waals surface area contributed by atoms with Crippen LogP contribution in [0.3, 0.4) is 0 Å². The van der Waals surface area contributed by atoms with Crippen LogP contribution >= 0.6 is 0 Å². The van der Waals surface area contributed by atoms with Crippen LogP contribution in [0.1, 0.15) is 52.5 Å². The second kappa shape index (κ2) is 14.8. The lowest BCUT2D eigenvalue weighted by molar-refractivity contribution is -0.271. The smallest absolute Gasteiger partial charge is 0.305 e. The van der Waals surface area contributed by atoms with E-state index < -0.39 is 73.5 Å². The number of esters is 4. The molecule has 1 saturated heterocycles. The van der Waals surface area contributed by atoms with E-state index in [0.29, 0.717) is 12.8 Å². The van der Waals surface area contributed by atoms with Gasteiger partial charge < -0.3 is 29.0 Å². The largest absolute Gasteiger partial charge is 0.463 e. The molecule has 1 N–H and O–H groups in total. The van der Waals surface area contributed by atoms with Gasteiger partial charge >= 0.3 is 23.9 Å². The molecule has 0 saturated carbocycles. The third-order valence-electron chi connectivity index (χ3n) is 5.43. The Hall–Kier alpha value is -3.80. The van der Waals surface area contributed by atoms with Crippen molar-refractivity contribution < 1.29 is 52.5 Å². The Labute approximate surface area is 220 Å². The number of ketones is 1. The highest BCUT2D eigenvalue weighted by Gasteiger charge is 2.52. The van der Waals surface area contributed by atoms with Gasteiger partial charge in [-0.1, -0.05) is 30.3 Å². The van der Waals surface area contributed by atoms with Crippen LogP contribution < -0.4 is 5.32 Å². The number of Topliss-reactive ketones (excluding diaryl/α,β-unsaturated/α-hetero) is 1. The number of rotatable bonds is 12. The van der Waals surface area contributed by atoms with Crippen LogP contribution in [0, 0.1) is 0 Å². The van der Waals surface area contributed by atoms with Crippen LogP contribution in [0.2, 0.25) is 0 Å². The van der Waals surface area contributed by atoms with Crippen LogP contribution in [0.4, 0.5) is 0 Å². The highest BCUT2D eigenvalue weighted by molar-refractivity contribution is 5.98. The molecule has 2 rings (SSSR count). The maximum atomic E-state index is 12.8. The predicted octanol–water partition coefficient (Wildman–Crippen LogP) is 1.17. The molecule has 1 aliphatic rings. The van der Waals surface area contributed by atoms with E-state index >= 15 is 0 Å². The molecular formula is C26H33NO11. The summed E-state index contributed by atoms with van der Waals surface area (Å²) < 4.78 is 26.5. The van der Waals surface area contributed by atoms with Crippen molar-refractivity contribution in [2.75, 3.05) is 6.61 Å². The number of amides is 1. The first-order chi connectivity index (χ1) is 18.0. The van der Waals surface area contributed by atoms with Gasteiger partial charge in [-0.3, -0.25) is 28.8 Å². The fourth-order valence-corrected chi connectivity index (χ4v) is 3.96. The van der Waals surface area contributed by atoms with Gasteiger partial charge in [0, 0.05) is 34.1 Å². The summed E-state index contributed by atoms with van der Waals surface area (Å²) in [6.07, 6.45) is -4.57. The third kappa shape index (κ3) is 10.3. The minimum absolute atomic E-state index is 0.158. The van der Waals surface area contributed by atoms with Crippen LogP contribution in [0.5, 0.6) is 0 Å². The van der Waals surface area contributed by atoms with Crippen molar-refractivity contribution in [3.05, 3.63) is 35.9 Å². The molecule has 0 spiro atoms. The minimum Gasteiger partial charge on any atom is -0.463 e. The number of benzene rings is 1. The molecule has 0 aromatic heterocycles. The molecule has 208 valence electrons. The summed E-state index contributed by atoms with van der Waals surface area (Å²) in [6, 6.07) is 8.24. The molecule has 1 heterocycles. The summed E-state index contributed by atoms with van der Waals surface area (Å²) in [5.41, 5.74) is 1.07. The van der Waals surface area contributed by atoms with Crippen molar-refractivity contribution >= 4 is 35.6 Å². The van der Waals surface area contributed by atoms with Crippen LogP contribution in [0.15, 0.2) is 30.3 Å². The molecule has 0 aliphatic carbocycles. The molecule has 0 radical (unpaired) electrons. The van der Waals surface area contributed by atoms with Gasteiger partial charge in [-0.15, -0.1) is 0 Å². The van der Waals surface area contributed by atoms with Gasteiger partial charge in [0.15, 0.2) is 12.2 Å². The van der Waals surface area contributed by atoms with E-state index in [-0.39, 0.29) is 12.2 Å². The first-order valence-corrected chi connectivity index (χ1v) is 12.1. The zero-order valence-electron chi connectivity index (χ0n) is 21.8. The van der Waals surface area contributed by atoms with Gasteiger partial charge in [0.05, 0.1) is 6.42 Å².